The molecule has 7 aromatic carbocycles. The second kappa shape index (κ2) is 11.2. The zero-order valence-corrected chi connectivity index (χ0v) is 31.1. The van der Waals surface area contributed by atoms with Gasteiger partial charge in [0.05, 0.1) is 22.7 Å². The molecule has 7 aromatic rings. The molecule has 4 aliphatic rings. The summed E-state index contributed by atoms with van der Waals surface area (Å²) >= 11 is 0. The van der Waals surface area contributed by atoms with E-state index in [2.05, 4.69) is 217 Å². The standard InChI is InChI=1S/C48H40B2N4/c1-47(2)35-23-11-15-27-39(35)49-51(33-19-7-5-8-20-33)43-32-46-44(31-45(43)53(49)41-29-17-13-25-37(41)47)52(34-21-9-6-10-22-34)50-40-28-16-12-24-36(40)48(3,4)38-26-14-18-30-42(38)54(46)50/h5-32H,1-4H3. The summed E-state index contributed by atoms with van der Waals surface area (Å²) in [7, 11) is 0. The lowest BCUT2D eigenvalue weighted by Crippen LogP contribution is -2.54. The molecule has 4 aliphatic heterocycles. The van der Waals surface area contributed by atoms with Gasteiger partial charge in [-0.2, -0.15) is 0 Å². The van der Waals surface area contributed by atoms with E-state index in [1.165, 1.54) is 78.7 Å². The molecular formula is C48H40B2N4. The molecule has 0 N–H and O–H groups in total. The molecule has 11 rings (SSSR count). The van der Waals surface area contributed by atoms with Crippen LogP contribution in [-0.2, 0) is 10.8 Å². The van der Waals surface area contributed by atoms with Gasteiger partial charge in [-0.3, -0.25) is 0 Å². The Kier molecular flexibility index (Phi) is 6.51. The van der Waals surface area contributed by atoms with Crippen LogP contribution in [0.5, 0.6) is 0 Å². The fraction of sp³-hybridized carbons (Fsp3) is 0.125. The number of benzene rings is 7. The monoisotopic (exact) mass is 694 g/mol. The number of nitrogens with zero attached hydrogens (tertiary/aromatic N) is 4. The Morgan fingerprint density at radius 1 is 0.315 bits per heavy atom. The largest absolute Gasteiger partial charge is 0.421 e. The van der Waals surface area contributed by atoms with Crippen molar-refractivity contribution in [2.75, 3.05) is 19.2 Å². The SMILES string of the molecule is CC1(C)c2ccccc2B2N(c3ccccc3)c3cc4c(cc3N2c2ccccc21)N(c1ccccc1)B1c2ccccc2C(C)(C)c2ccccc2N14. The van der Waals surface area contributed by atoms with Crippen molar-refractivity contribution in [2.45, 2.75) is 38.5 Å². The molecule has 0 amide bonds. The second-order valence-corrected chi connectivity index (χ2v) is 16.2. The Bertz CT molecular complexity index is 2440. The van der Waals surface area contributed by atoms with E-state index in [1.807, 2.05) is 0 Å². The lowest BCUT2D eigenvalue weighted by Gasteiger charge is -2.31. The topological polar surface area (TPSA) is 13.0 Å². The fourth-order valence-corrected chi connectivity index (χ4v) is 10.2. The third kappa shape index (κ3) is 4.11. The second-order valence-electron chi connectivity index (χ2n) is 16.2. The first kappa shape index (κ1) is 31.4. The van der Waals surface area contributed by atoms with Crippen LogP contribution in [0.15, 0.2) is 170 Å². The summed E-state index contributed by atoms with van der Waals surface area (Å²) in [5.74, 6) is 0. The maximum Gasteiger partial charge on any atom is 0.421 e. The number of para-hydroxylation sites is 4. The zero-order valence-electron chi connectivity index (χ0n) is 31.1. The molecule has 54 heavy (non-hydrogen) atoms. The normalized spacial score (nSPS) is 16.6. The van der Waals surface area contributed by atoms with E-state index in [0.717, 1.165) is 0 Å². The maximum absolute atomic E-state index is 2.63. The van der Waals surface area contributed by atoms with Gasteiger partial charge in [0.2, 0.25) is 0 Å². The van der Waals surface area contributed by atoms with E-state index >= 15 is 0 Å². The van der Waals surface area contributed by atoms with Gasteiger partial charge in [-0.25, -0.2) is 0 Å². The lowest BCUT2D eigenvalue weighted by molar-refractivity contribution is 0.647. The molecule has 0 radical (unpaired) electrons. The minimum Gasteiger partial charge on any atom is -0.360 e. The smallest absolute Gasteiger partial charge is 0.360 e. The number of anilines is 8. The molecule has 0 saturated carbocycles. The molecule has 0 spiro atoms. The summed E-state index contributed by atoms with van der Waals surface area (Å²) < 4.78 is 0. The molecule has 0 aliphatic carbocycles. The molecule has 0 aromatic heterocycles. The summed E-state index contributed by atoms with van der Waals surface area (Å²) in [5, 5.41) is 0. The lowest BCUT2D eigenvalue weighted by atomic mass is 9.60. The molecular weight excluding hydrogens is 654 g/mol. The van der Waals surface area contributed by atoms with Crippen molar-refractivity contribution in [2.24, 2.45) is 0 Å². The molecule has 0 saturated heterocycles. The van der Waals surface area contributed by atoms with Crippen LogP contribution in [0.4, 0.5) is 45.5 Å². The molecule has 0 fully saturated rings. The summed E-state index contributed by atoms with van der Waals surface area (Å²) in [6.07, 6.45) is 0. The van der Waals surface area contributed by atoms with Crippen molar-refractivity contribution in [3.8, 4) is 0 Å². The van der Waals surface area contributed by atoms with Crippen molar-refractivity contribution in [1.29, 1.82) is 0 Å². The Balaban J connectivity index is 1.26. The van der Waals surface area contributed by atoms with Gasteiger partial charge < -0.3 is 19.2 Å². The predicted octanol–water partition coefficient (Wildman–Crippen LogP) is 10.3. The van der Waals surface area contributed by atoms with E-state index in [0.29, 0.717) is 0 Å². The highest BCUT2D eigenvalue weighted by molar-refractivity contribution is 6.86. The van der Waals surface area contributed by atoms with Crippen LogP contribution in [0, 0.1) is 0 Å². The highest BCUT2D eigenvalue weighted by atomic mass is 15.3. The van der Waals surface area contributed by atoms with Crippen molar-refractivity contribution < 1.29 is 0 Å². The summed E-state index contributed by atoms with van der Waals surface area (Å²) in [6.45, 7) is 9.38. The van der Waals surface area contributed by atoms with Gasteiger partial charge in [0.1, 0.15) is 0 Å². The van der Waals surface area contributed by atoms with Crippen LogP contribution in [0.3, 0.4) is 0 Å². The minimum absolute atomic E-state index is 0.0823. The molecule has 0 atom stereocenters. The van der Waals surface area contributed by atoms with Gasteiger partial charge >= 0.3 is 14.0 Å². The number of hydrogen-bond acceptors (Lipinski definition) is 4. The zero-order chi connectivity index (χ0) is 36.3. The van der Waals surface area contributed by atoms with Crippen molar-refractivity contribution in [3.05, 3.63) is 192 Å². The van der Waals surface area contributed by atoms with E-state index in [-0.39, 0.29) is 24.8 Å². The molecule has 0 bridgehead atoms. The number of hydrogen-bond donors (Lipinski definition) is 0. The van der Waals surface area contributed by atoms with Gasteiger partial charge in [0.15, 0.2) is 0 Å². The number of fused-ring (bicyclic) bond motifs is 14. The summed E-state index contributed by atoms with van der Waals surface area (Å²) in [4.78, 5) is 10.4. The third-order valence-corrected chi connectivity index (χ3v) is 12.7. The fourth-order valence-electron chi connectivity index (χ4n) is 10.2. The van der Waals surface area contributed by atoms with Gasteiger partial charge in [-0.05, 0) is 81.7 Å². The summed E-state index contributed by atoms with van der Waals surface area (Å²) in [5.41, 5.74) is 17.3. The predicted molar refractivity (Wildman–Crippen MR) is 229 cm³/mol. The van der Waals surface area contributed by atoms with Gasteiger partial charge in [0.25, 0.3) is 0 Å². The molecule has 0 unspecified atom stereocenters. The van der Waals surface area contributed by atoms with Crippen molar-refractivity contribution >= 4 is 70.4 Å². The van der Waals surface area contributed by atoms with Crippen LogP contribution in [0.1, 0.15) is 49.9 Å². The molecule has 6 heteroatoms. The quantitative estimate of drug-likeness (QED) is 0.167. The first-order chi connectivity index (χ1) is 26.4. The average molecular weight is 694 g/mol. The molecule has 258 valence electrons. The highest BCUT2D eigenvalue weighted by Crippen LogP contribution is 2.58. The Morgan fingerprint density at radius 2 is 0.630 bits per heavy atom. The number of rotatable bonds is 2. The summed E-state index contributed by atoms with van der Waals surface area (Å²) in [6, 6.07) is 63.4. The first-order valence-corrected chi connectivity index (χ1v) is 19.2. The van der Waals surface area contributed by atoms with E-state index in [1.54, 1.807) is 0 Å². The van der Waals surface area contributed by atoms with Crippen LogP contribution < -0.4 is 30.2 Å². The van der Waals surface area contributed by atoms with E-state index < -0.39 is 0 Å². The van der Waals surface area contributed by atoms with Gasteiger partial charge in [0, 0.05) is 33.6 Å². The maximum atomic E-state index is 2.63. The minimum atomic E-state index is -0.202. The first-order valence-electron chi connectivity index (χ1n) is 19.2. The van der Waals surface area contributed by atoms with Gasteiger partial charge in [-0.1, -0.05) is 149 Å². The highest BCUT2D eigenvalue weighted by Gasteiger charge is 2.54. The van der Waals surface area contributed by atoms with Crippen molar-refractivity contribution in [3.63, 3.8) is 0 Å². The molecule has 4 heterocycles. The van der Waals surface area contributed by atoms with Crippen LogP contribution in [-0.4, -0.2) is 14.0 Å². The average Bonchev–Trinajstić information content (AvgIpc) is 3.67. The van der Waals surface area contributed by atoms with E-state index in [9.17, 15) is 0 Å². The van der Waals surface area contributed by atoms with Crippen molar-refractivity contribution in [1.82, 2.24) is 0 Å². The Labute approximate surface area is 319 Å². The van der Waals surface area contributed by atoms with Crippen LogP contribution >= 0.6 is 0 Å². The Morgan fingerprint density at radius 3 is 1.04 bits per heavy atom. The van der Waals surface area contributed by atoms with Crippen LogP contribution in [0.25, 0.3) is 0 Å². The van der Waals surface area contributed by atoms with Gasteiger partial charge in [-0.15, -0.1) is 0 Å². The van der Waals surface area contributed by atoms with E-state index in [4.69, 9.17) is 0 Å². The Hall–Kier alpha value is -6.13. The van der Waals surface area contributed by atoms with Crippen LogP contribution in [0.2, 0.25) is 0 Å². The third-order valence-electron chi connectivity index (χ3n) is 12.7. The molecule has 4 nitrogen and oxygen atoms in total.